The molecule has 0 aliphatic heterocycles. The maximum absolute atomic E-state index is 6.14. The van der Waals surface area contributed by atoms with Gasteiger partial charge in [-0.15, -0.1) is 5.10 Å². The van der Waals surface area contributed by atoms with Gasteiger partial charge in [-0.25, -0.2) is 4.68 Å². The number of benzene rings is 1. The first-order valence-electron chi connectivity index (χ1n) is 7.24. The minimum atomic E-state index is -0.0481. The largest absolute Gasteiger partial charge is 0.398 e. The monoisotopic (exact) mass is 273 g/mol. The molecule has 1 aromatic carbocycles. The average molecular weight is 273 g/mol. The molecule has 0 bridgehead atoms. The van der Waals surface area contributed by atoms with Crippen LogP contribution in [0.4, 0.5) is 5.69 Å². The number of nitrogens with two attached hydrogens (primary N) is 1. The lowest BCUT2D eigenvalue weighted by Gasteiger charge is -2.31. The van der Waals surface area contributed by atoms with Crippen LogP contribution in [0.25, 0.3) is 11.4 Å². The highest BCUT2D eigenvalue weighted by molar-refractivity contribution is 5.74. The third-order valence-electron chi connectivity index (χ3n) is 4.42. The summed E-state index contributed by atoms with van der Waals surface area (Å²) in [5.74, 6) is 0.770. The number of rotatable bonds is 5. The van der Waals surface area contributed by atoms with Crippen LogP contribution in [0.15, 0.2) is 18.2 Å². The number of aromatic nitrogens is 4. The summed E-state index contributed by atoms with van der Waals surface area (Å²) >= 11 is 0. The normalized spacial score (nSPS) is 11.8. The minimum absolute atomic E-state index is 0.0481. The van der Waals surface area contributed by atoms with Gasteiger partial charge in [0.1, 0.15) is 0 Å². The van der Waals surface area contributed by atoms with E-state index >= 15 is 0 Å². The highest BCUT2D eigenvalue weighted by atomic mass is 15.6. The van der Waals surface area contributed by atoms with Crippen LogP contribution in [0.1, 0.15) is 45.6 Å². The molecule has 0 saturated carbocycles. The first kappa shape index (κ1) is 14.5. The van der Waals surface area contributed by atoms with Crippen molar-refractivity contribution in [2.45, 2.75) is 52.5 Å². The fourth-order valence-electron chi connectivity index (χ4n) is 2.86. The summed E-state index contributed by atoms with van der Waals surface area (Å²) in [7, 11) is 0. The topological polar surface area (TPSA) is 69.6 Å². The molecule has 0 saturated heterocycles. The van der Waals surface area contributed by atoms with Crippen molar-refractivity contribution in [3.05, 3.63) is 23.8 Å². The van der Waals surface area contributed by atoms with Crippen LogP contribution in [-0.2, 0) is 5.54 Å². The fraction of sp³-hybridized carbons (Fsp3) is 0.533. The summed E-state index contributed by atoms with van der Waals surface area (Å²) in [6.45, 7) is 8.58. The van der Waals surface area contributed by atoms with E-state index in [-0.39, 0.29) is 5.54 Å². The Hall–Kier alpha value is -1.91. The van der Waals surface area contributed by atoms with Gasteiger partial charge in [0.25, 0.3) is 0 Å². The Labute approximate surface area is 120 Å². The second-order valence-electron chi connectivity index (χ2n) is 5.24. The molecule has 2 aromatic rings. The zero-order valence-corrected chi connectivity index (χ0v) is 12.7. The van der Waals surface area contributed by atoms with Crippen molar-refractivity contribution < 1.29 is 0 Å². The zero-order valence-electron chi connectivity index (χ0n) is 12.7. The van der Waals surface area contributed by atoms with E-state index in [4.69, 9.17) is 5.73 Å². The van der Waals surface area contributed by atoms with E-state index in [0.717, 1.165) is 41.9 Å². The van der Waals surface area contributed by atoms with Gasteiger partial charge in [0.2, 0.25) is 0 Å². The predicted octanol–water partition coefficient (Wildman–Crippen LogP) is 3.16. The molecule has 2 N–H and O–H groups in total. The molecule has 0 aliphatic rings. The molecule has 1 aromatic heterocycles. The van der Waals surface area contributed by atoms with E-state index in [0.29, 0.717) is 0 Å². The van der Waals surface area contributed by atoms with E-state index in [9.17, 15) is 0 Å². The van der Waals surface area contributed by atoms with Gasteiger partial charge in [-0.2, -0.15) is 0 Å². The van der Waals surface area contributed by atoms with Crippen LogP contribution in [0.2, 0.25) is 0 Å². The van der Waals surface area contributed by atoms with Gasteiger partial charge in [-0.05, 0) is 48.2 Å². The summed E-state index contributed by atoms with van der Waals surface area (Å²) in [6.07, 6.45) is 2.97. The highest BCUT2D eigenvalue weighted by Gasteiger charge is 2.31. The summed E-state index contributed by atoms with van der Waals surface area (Å²) in [5.41, 5.74) is 8.85. The van der Waals surface area contributed by atoms with E-state index in [1.54, 1.807) is 0 Å². The van der Waals surface area contributed by atoms with E-state index in [1.807, 2.05) is 29.8 Å². The molecule has 0 unspecified atom stereocenters. The SMILES string of the molecule is CCC(CC)(CC)n1nnnc1-c1c(C)cccc1N. The Morgan fingerprint density at radius 3 is 2.35 bits per heavy atom. The first-order chi connectivity index (χ1) is 9.59. The molecule has 0 spiro atoms. The standard InChI is InChI=1S/C15H23N5/c1-5-15(6-2,7-3)20-14(17-18-19-20)13-11(4)9-8-10-12(13)16/h8-10H,5-7,16H2,1-4H3. The molecule has 108 valence electrons. The van der Waals surface area contributed by atoms with Crippen molar-refractivity contribution in [2.24, 2.45) is 0 Å². The maximum Gasteiger partial charge on any atom is 0.184 e. The third-order valence-corrected chi connectivity index (χ3v) is 4.42. The molecular formula is C15H23N5. The molecule has 5 nitrogen and oxygen atoms in total. The quantitative estimate of drug-likeness (QED) is 0.849. The Morgan fingerprint density at radius 2 is 1.80 bits per heavy atom. The molecule has 1 heterocycles. The molecule has 0 radical (unpaired) electrons. The van der Waals surface area contributed by atoms with Crippen LogP contribution >= 0.6 is 0 Å². The van der Waals surface area contributed by atoms with Crippen molar-refractivity contribution in [2.75, 3.05) is 5.73 Å². The molecule has 0 fully saturated rings. The Bertz CT molecular complexity index is 555. The number of nitrogen functional groups attached to an aromatic ring is 1. The fourth-order valence-corrected chi connectivity index (χ4v) is 2.86. The van der Waals surface area contributed by atoms with E-state index in [1.165, 1.54) is 0 Å². The zero-order chi connectivity index (χ0) is 14.8. The van der Waals surface area contributed by atoms with Gasteiger partial charge in [0, 0.05) is 11.3 Å². The van der Waals surface area contributed by atoms with E-state index < -0.39 is 0 Å². The summed E-state index contributed by atoms with van der Waals surface area (Å²) in [4.78, 5) is 0. The van der Waals surface area contributed by atoms with Gasteiger partial charge in [0.15, 0.2) is 5.82 Å². The molecule has 0 amide bonds. The van der Waals surface area contributed by atoms with Crippen molar-refractivity contribution in [1.29, 1.82) is 0 Å². The van der Waals surface area contributed by atoms with Gasteiger partial charge in [-0.3, -0.25) is 0 Å². The average Bonchev–Trinajstić information content (AvgIpc) is 2.91. The molecule has 0 aliphatic carbocycles. The van der Waals surface area contributed by atoms with Crippen LogP contribution in [0, 0.1) is 6.92 Å². The van der Waals surface area contributed by atoms with E-state index in [2.05, 4.69) is 36.3 Å². The number of anilines is 1. The van der Waals surface area contributed by atoms with Gasteiger partial charge in [0.05, 0.1) is 5.54 Å². The lowest BCUT2D eigenvalue weighted by atomic mass is 9.89. The van der Waals surface area contributed by atoms with Crippen molar-refractivity contribution in [3.8, 4) is 11.4 Å². The molecule has 2 rings (SSSR count). The smallest absolute Gasteiger partial charge is 0.184 e. The first-order valence-corrected chi connectivity index (χ1v) is 7.24. The molecular weight excluding hydrogens is 250 g/mol. The number of tetrazole rings is 1. The summed E-state index contributed by atoms with van der Waals surface area (Å²) < 4.78 is 1.96. The van der Waals surface area contributed by atoms with Gasteiger partial charge < -0.3 is 5.73 Å². The predicted molar refractivity (Wildman–Crippen MR) is 81.2 cm³/mol. The number of hydrogen-bond donors (Lipinski definition) is 1. The lowest BCUT2D eigenvalue weighted by molar-refractivity contribution is 0.223. The Balaban J connectivity index is 2.65. The second kappa shape index (κ2) is 5.61. The van der Waals surface area contributed by atoms with Gasteiger partial charge in [-0.1, -0.05) is 32.9 Å². The number of nitrogens with zero attached hydrogens (tertiary/aromatic N) is 4. The number of hydrogen-bond acceptors (Lipinski definition) is 4. The van der Waals surface area contributed by atoms with Crippen molar-refractivity contribution in [1.82, 2.24) is 20.2 Å². The summed E-state index contributed by atoms with van der Waals surface area (Å²) in [6, 6.07) is 5.89. The Kier molecular flexibility index (Phi) is 4.06. The minimum Gasteiger partial charge on any atom is -0.398 e. The molecule has 5 heteroatoms. The molecule has 0 atom stereocenters. The summed E-state index contributed by atoms with van der Waals surface area (Å²) in [5, 5.41) is 12.4. The number of aryl methyl sites for hydroxylation is 1. The molecule has 20 heavy (non-hydrogen) atoms. The van der Waals surface area contributed by atoms with Crippen LogP contribution < -0.4 is 5.73 Å². The van der Waals surface area contributed by atoms with Crippen LogP contribution in [-0.4, -0.2) is 20.2 Å². The maximum atomic E-state index is 6.14. The van der Waals surface area contributed by atoms with Crippen molar-refractivity contribution >= 4 is 5.69 Å². The van der Waals surface area contributed by atoms with Crippen molar-refractivity contribution in [3.63, 3.8) is 0 Å². The highest BCUT2D eigenvalue weighted by Crippen LogP contribution is 2.34. The second-order valence-corrected chi connectivity index (χ2v) is 5.24. The Morgan fingerprint density at radius 1 is 1.15 bits per heavy atom. The van der Waals surface area contributed by atoms with Crippen LogP contribution in [0.5, 0.6) is 0 Å². The third kappa shape index (κ3) is 2.17. The van der Waals surface area contributed by atoms with Gasteiger partial charge >= 0.3 is 0 Å². The lowest BCUT2D eigenvalue weighted by Crippen LogP contribution is -2.33. The van der Waals surface area contributed by atoms with Crippen LogP contribution in [0.3, 0.4) is 0 Å².